The quantitative estimate of drug-likeness (QED) is 0.896. The van der Waals surface area contributed by atoms with E-state index in [-0.39, 0.29) is 24.6 Å². The predicted octanol–water partition coefficient (Wildman–Crippen LogP) is 1.41. The number of aryl methyl sites for hydroxylation is 1. The molecule has 4 heteroatoms. The zero-order valence-corrected chi connectivity index (χ0v) is 11.8. The van der Waals surface area contributed by atoms with Crippen LogP contribution in [0.4, 0.5) is 5.69 Å². The summed E-state index contributed by atoms with van der Waals surface area (Å²) >= 11 is 0. The van der Waals surface area contributed by atoms with Crippen LogP contribution in [0.1, 0.15) is 18.9 Å². The third-order valence-corrected chi connectivity index (χ3v) is 3.99. The van der Waals surface area contributed by atoms with E-state index in [0.717, 1.165) is 11.3 Å². The van der Waals surface area contributed by atoms with E-state index in [1.54, 1.807) is 0 Å². The average molecular weight is 262 g/mol. The molecule has 104 valence electrons. The molecule has 0 radical (unpaired) electrons. The molecule has 2 atom stereocenters. The lowest BCUT2D eigenvalue weighted by atomic mass is 10.0. The number of aliphatic hydroxyl groups is 1. The fourth-order valence-electron chi connectivity index (χ4n) is 2.68. The predicted molar refractivity (Wildman–Crippen MR) is 76.2 cm³/mol. The SMILES string of the molecule is Cc1ccccc1N1CC(C)N(C)C(CCO)C1=O. The number of carbonyl (C=O) groups is 1. The highest BCUT2D eigenvalue weighted by Crippen LogP contribution is 2.26. The second kappa shape index (κ2) is 5.72. The summed E-state index contributed by atoms with van der Waals surface area (Å²) in [5.41, 5.74) is 2.09. The molecule has 1 aromatic rings. The van der Waals surface area contributed by atoms with E-state index in [9.17, 15) is 4.79 Å². The van der Waals surface area contributed by atoms with E-state index < -0.39 is 0 Å². The number of likely N-dealkylation sites (N-methyl/N-ethyl adjacent to an activating group) is 1. The second-order valence-electron chi connectivity index (χ2n) is 5.28. The van der Waals surface area contributed by atoms with Gasteiger partial charge in [0.25, 0.3) is 0 Å². The highest BCUT2D eigenvalue weighted by Gasteiger charge is 2.37. The Kier molecular flexibility index (Phi) is 4.22. The average Bonchev–Trinajstić information content (AvgIpc) is 2.40. The van der Waals surface area contributed by atoms with Crippen molar-refractivity contribution in [1.29, 1.82) is 0 Å². The molecule has 1 N–H and O–H groups in total. The number of hydrogen-bond donors (Lipinski definition) is 1. The normalized spacial score (nSPS) is 24.8. The lowest BCUT2D eigenvalue weighted by Gasteiger charge is -2.43. The molecule has 19 heavy (non-hydrogen) atoms. The monoisotopic (exact) mass is 262 g/mol. The number of amides is 1. The van der Waals surface area contributed by atoms with Gasteiger partial charge in [-0.05, 0) is 38.9 Å². The molecular formula is C15H22N2O2. The van der Waals surface area contributed by atoms with Crippen molar-refractivity contribution in [2.75, 3.05) is 25.1 Å². The van der Waals surface area contributed by atoms with E-state index >= 15 is 0 Å². The summed E-state index contributed by atoms with van der Waals surface area (Å²) in [6.07, 6.45) is 0.488. The molecule has 1 saturated heterocycles. The minimum Gasteiger partial charge on any atom is -0.396 e. The minimum absolute atomic E-state index is 0.0368. The first-order chi connectivity index (χ1) is 9.06. The molecule has 0 saturated carbocycles. The number of rotatable bonds is 3. The van der Waals surface area contributed by atoms with Crippen LogP contribution in [0.3, 0.4) is 0 Å². The number of carbonyl (C=O) groups excluding carboxylic acids is 1. The first-order valence-electron chi connectivity index (χ1n) is 6.76. The maximum Gasteiger partial charge on any atom is 0.244 e. The van der Waals surface area contributed by atoms with Gasteiger partial charge in [-0.1, -0.05) is 18.2 Å². The number of piperazine rings is 1. The van der Waals surface area contributed by atoms with Gasteiger partial charge >= 0.3 is 0 Å². The standard InChI is InChI=1S/C15H22N2O2/c1-11-6-4-5-7-13(11)17-10-12(2)16(3)14(8-9-18)15(17)19/h4-7,12,14,18H,8-10H2,1-3H3. The zero-order valence-electron chi connectivity index (χ0n) is 11.8. The highest BCUT2D eigenvalue weighted by molar-refractivity contribution is 5.98. The molecule has 1 aliphatic rings. The van der Waals surface area contributed by atoms with Gasteiger partial charge < -0.3 is 10.0 Å². The van der Waals surface area contributed by atoms with Crippen LogP contribution < -0.4 is 4.90 Å². The fourth-order valence-corrected chi connectivity index (χ4v) is 2.68. The molecule has 2 rings (SSSR count). The topological polar surface area (TPSA) is 43.8 Å². The number of anilines is 1. The van der Waals surface area contributed by atoms with Gasteiger partial charge in [-0.3, -0.25) is 9.69 Å². The van der Waals surface area contributed by atoms with E-state index in [4.69, 9.17) is 5.11 Å². The Balaban J connectivity index is 2.31. The van der Waals surface area contributed by atoms with Crippen molar-refractivity contribution in [3.8, 4) is 0 Å². The highest BCUT2D eigenvalue weighted by atomic mass is 16.3. The van der Waals surface area contributed by atoms with Crippen LogP contribution in [0.15, 0.2) is 24.3 Å². The molecular weight excluding hydrogens is 240 g/mol. The van der Waals surface area contributed by atoms with Crippen LogP contribution in [0.25, 0.3) is 0 Å². The van der Waals surface area contributed by atoms with Crippen LogP contribution in [-0.2, 0) is 4.79 Å². The van der Waals surface area contributed by atoms with Gasteiger partial charge in [-0.2, -0.15) is 0 Å². The summed E-state index contributed by atoms with van der Waals surface area (Å²) in [5.74, 6) is 0.0870. The van der Waals surface area contributed by atoms with Crippen LogP contribution in [0, 0.1) is 6.92 Å². The summed E-state index contributed by atoms with van der Waals surface area (Å²) in [6.45, 7) is 4.87. The molecule has 0 aliphatic carbocycles. The smallest absolute Gasteiger partial charge is 0.244 e. The molecule has 1 aliphatic heterocycles. The van der Waals surface area contributed by atoms with E-state index in [1.807, 2.05) is 43.1 Å². The third-order valence-electron chi connectivity index (χ3n) is 3.99. The molecule has 2 unspecified atom stereocenters. The maximum atomic E-state index is 12.6. The van der Waals surface area contributed by atoms with E-state index in [1.165, 1.54) is 0 Å². The van der Waals surface area contributed by atoms with Crippen LogP contribution >= 0.6 is 0 Å². The fraction of sp³-hybridized carbons (Fsp3) is 0.533. The van der Waals surface area contributed by atoms with Crippen molar-refractivity contribution in [1.82, 2.24) is 4.90 Å². The minimum atomic E-state index is -0.228. The Labute approximate surface area is 114 Å². The van der Waals surface area contributed by atoms with Crippen molar-refractivity contribution in [3.63, 3.8) is 0 Å². The number of benzene rings is 1. The second-order valence-corrected chi connectivity index (χ2v) is 5.28. The Morgan fingerprint density at radius 1 is 1.37 bits per heavy atom. The molecule has 0 bridgehead atoms. The Morgan fingerprint density at radius 3 is 2.68 bits per heavy atom. The molecule has 1 heterocycles. The van der Waals surface area contributed by atoms with Gasteiger partial charge in [0.05, 0.1) is 6.04 Å². The van der Waals surface area contributed by atoms with Crippen molar-refractivity contribution in [2.45, 2.75) is 32.4 Å². The van der Waals surface area contributed by atoms with E-state index in [2.05, 4.69) is 11.8 Å². The van der Waals surface area contributed by atoms with Crippen molar-refractivity contribution in [2.24, 2.45) is 0 Å². The van der Waals surface area contributed by atoms with Crippen molar-refractivity contribution in [3.05, 3.63) is 29.8 Å². The van der Waals surface area contributed by atoms with Gasteiger partial charge in [-0.25, -0.2) is 0 Å². The summed E-state index contributed by atoms with van der Waals surface area (Å²) in [6, 6.07) is 8.00. The van der Waals surface area contributed by atoms with Gasteiger partial charge in [0.15, 0.2) is 0 Å². The number of para-hydroxylation sites is 1. The molecule has 0 spiro atoms. The third kappa shape index (κ3) is 2.65. The molecule has 4 nitrogen and oxygen atoms in total. The van der Waals surface area contributed by atoms with Crippen molar-refractivity contribution < 1.29 is 9.90 Å². The van der Waals surface area contributed by atoms with Crippen molar-refractivity contribution >= 4 is 11.6 Å². The Hall–Kier alpha value is -1.39. The van der Waals surface area contributed by atoms with Gasteiger partial charge in [0.1, 0.15) is 0 Å². The molecule has 0 aromatic heterocycles. The van der Waals surface area contributed by atoms with Crippen LogP contribution in [0.2, 0.25) is 0 Å². The molecule has 1 fully saturated rings. The molecule has 1 amide bonds. The number of hydrogen-bond acceptors (Lipinski definition) is 3. The van der Waals surface area contributed by atoms with Crippen LogP contribution in [-0.4, -0.2) is 48.2 Å². The molecule has 1 aromatic carbocycles. The Morgan fingerprint density at radius 2 is 2.05 bits per heavy atom. The van der Waals surface area contributed by atoms with Crippen LogP contribution in [0.5, 0.6) is 0 Å². The number of aliphatic hydroxyl groups excluding tert-OH is 1. The zero-order chi connectivity index (χ0) is 14.0. The first-order valence-corrected chi connectivity index (χ1v) is 6.76. The largest absolute Gasteiger partial charge is 0.396 e. The maximum absolute atomic E-state index is 12.6. The summed E-state index contributed by atoms with van der Waals surface area (Å²) < 4.78 is 0. The lowest BCUT2D eigenvalue weighted by Crippen LogP contribution is -2.60. The van der Waals surface area contributed by atoms with Gasteiger partial charge in [-0.15, -0.1) is 0 Å². The first kappa shape index (κ1) is 14.0. The lowest BCUT2D eigenvalue weighted by molar-refractivity contribution is -0.127. The number of nitrogens with zero attached hydrogens (tertiary/aromatic N) is 2. The summed E-state index contributed by atoms with van der Waals surface area (Å²) in [7, 11) is 1.96. The van der Waals surface area contributed by atoms with Gasteiger partial charge in [0, 0.05) is 24.9 Å². The Bertz CT molecular complexity index is 461. The van der Waals surface area contributed by atoms with E-state index in [0.29, 0.717) is 13.0 Å². The summed E-state index contributed by atoms with van der Waals surface area (Å²) in [4.78, 5) is 16.5. The van der Waals surface area contributed by atoms with Gasteiger partial charge in [0.2, 0.25) is 5.91 Å². The summed E-state index contributed by atoms with van der Waals surface area (Å²) in [5, 5.41) is 9.15.